The van der Waals surface area contributed by atoms with Gasteiger partial charge < -0.3 is 21.3 Å². The van der Waals surface area contributed by atoms with Crippen LogP contribution >= 0.6 is 0 Å². The number of carbonyl (C=O) groups excluding carboxylic acids is 4. The van der Waals surface area contributed by atoms with Crippen molar-refractivity contribution < 1.29 is 19.2 Å². The number of hydrogen-bond donors (Lipinski definition) is 3. The summed E-state index contributed by atoms with van der Waals surface area (Å²) >= 11 is 0. The van der Waals surface area contributed by atoms with Crippen molar-refractivity contribution in [1.29, 1.82) is 0 Å². The van der Waals surface area contributed by atoms with E-state index < -0.39 is 17.7 Å². The average Bonchev–Trinajstić information content (AvgIpc) is 2.78. The molecule has 2 atom stereocenters. The Hall–Kier alpha value is -3.75. The van der Waals surface area contributed by atoms with Crippen LogP contribution in [0.4, 0.5) is 11.5 Å². The summed E-state index contributed by atoms with van der Waals surface area (Å²) in [6.07, 6.45) is 4.12. The number of rotatable bonds is 3. The number of pyridine rings is 1. The average molecular weight is 435 g/mol. The lowest BCUT2D eigenvalue weighted by atomic mass is 9.88. The molecule has 0 spiro atoms. The van der Waals surface area contributed by atoms with Crippen LogP contribution in [0.1, 0.15) is 53.7 Å². The van der Waals surface area contributed by atoms with Crippen molar-refractivity contribution in [3.8, 4) is 0 Å². The summed E-state index contributed by atoms with van der Waals surface area (Å²) in [6, 6.07) is 8.47. The van der Waals surface area contributed by atoms with E-state index in [1.165, 1.54) is 18.3 Å². The highest BCUT2D eigenvalue weighted by Gasteiger charge is 2.35. The van der Waals surface area contributed by atoms with Gasteiger partial charge in [0.1, 0.15) is 5.82 Å². The summed E-state index contributed by atoms with van der Waals surface area (Å²) in [5, 5.41) is 5.30. The Bertz CT molecular complexity index is 1100. The van der Waals surface area contributed by atoms with Gasteiger partial charge in [0.15, 0.2) is 0 Å². The van der Waals surface area contributed by atoms with Crippen LogP contribution < -0.4 is 16.4 Å². The molecule has 2 aromatic rings. The molecule has 2 aliphatic rings. The molecule has 4 N–H and O–H groups in total. The van der Waals surface area contributed by atoms with Crippen molar-refractivity contribution in [2.45, 2.75) is 38.6 Å². The Morgan fingerprint density at radius 3 is 2.78 bits per heavy atom. The van der Waals surface area contributed by atoms with E-state index in [4.69, 9.17) is 5.73 Å². The summed E-state index contributed by atoms with van der Waals surface area (Å²) in [5.74, 6) is -2.09. The molecular weight excluding hydrogens is 410 g/mol. The molecule has 4 amide bonds. The van der Waals surface area contributed by atoms with Crippen LogP contribution in [0.2, 0.25) is 0 Å². The van der Waals surface area contributed by atoms with E-state index in [9.17, 15) is 19.2 Å². The molecule has 0 unspecified atom stereocenters. The first-order valence-corrected chi connectivity index (χ1v) is 10.6. The maximum absolute atomic E-state index is 13.2. The number of nitrogens with zero attached hydrogens (tertiary/aromatic N) is 2. The van der Waals surface area contributed by atoms with Crippen molar-refractivity contribution in [3.05, 3.63) is 53.2 Å². The van der Waals surface area contributed by atoms with Gasteiger partial charge in [0.25, 0.3) is 5.91 Å². The molecule has 9 heteroatoms. The van der Waals surface area contributed by atoms with Crippen molar-refractivity contribution in [3.63, 3.8) is 0 Å². The van der Waals surface area contributed by atoms with Crippen LogP contribution in [0, 0.1) is 5.92 Å². The smallest absolute Gasteiger partial charge is 0.315 e. The molecule has 2 aliphatic heterocycles. The zero-order chi connectivity index (χ0) is 22.8. The highest BCUT2D eigenvalue weighted by molar-refractivity contribution is 6.39. The van der Waals surface area contributed by atoms with E-state index in [2.05, 4.69) is 15.6 Å². The summed E-state index contributed by atoms with van der Waals surface area (Å²) in [5.41, 5.74) is 8.12. The van der Waals surface area contributed by atoms with Gasteiger partial charge in [-0.15, -0.1) is 0 Å². The van der Waals surface area contributed by atoms with Crippen molar-refractivity contribution >= 4 is 35.1 Å². The highest BCUT2D eigenvalue weighted by atomic mass is 16.2. The zero-order valence-electron chi connectivity index (χ0n) is 17.8. The van der Waals surface area contributed by atoms with Gasteiger partial charge in [0.2, 0.25) is 5.91 Å². The maximum atomic E-state index is 13.2. The normalized spacial score (nSPS) is 20.2. The molecule has 4 rings (SSSR count). The number of hydrogen-bond acceptors (Lipinski definition) is 5. The second-order valence-electron chi connectivity index (χ2n) is 8.34. The van der Waals surface area contributed by atoms with Crippen LogP contribution in [-0.4, -0.2) is 40.1 Å². The van der Waals surface area contributed by atoms with Gasteiger partial charge in [-0.1, -0.05) is 19.1 Å². The number of aryl methyl sites for hydroxylation is 1. The van der Waals surface area contributed by atoms with E-state index in [0.29, 0.717) is 19.4 Å². The SMILES string of the molecule is C[C@@H]1CC[C@@H](c2ccc3c(c2)CCC(=O)N3)N(C(=O)C(=O)Nc2ncccc2C(N)=O)C1. The monoisotopic (exact) mass is 435 g/mol. The third-order valence-corrected chi connectivity index (χ3v) is 5.99. The van der Waals surface area contributed by atoms with Gasteiger partial charge in [-0.25, -0.2) is 4.98 Å². The minimum Gasteiger partial charge on any atom is -0.365 e. The molecule has 166 valence electrons. The first-order chi connectivity index (χ1) is 15.3. The topological polar surface area (TPSA) is 134 Å². The second kappa shape index (κ2) is 8.78. The van der Waals surface area contributed by atoms with Crippen LogP contribution in [-0.2, 0) is 20.8 Å². The first kappa shape index (κ1) is 21.5. The summed E-state index contributed by atoms with van der Waals surface area (Å²) < 4.78 is 0. The Kier molecular flexibility index (Phi) is 5.89. The fourth-order valence-electron chi connectivity index (χ4n) is 4.33. The predicted octanol–water partition coefficient (Wildman–Crippen LogP) is 2.00. The molecule has 0 aliphatic carbocycles. The number of amides is 4. The number of primary amides is 1. The Balaban J connectivity index is 1.57. The Labute approximate surface area is 185 Å². The van der Waals surface area contributed by atoms with Crippen LogP contribution in [0.3, 0.4) is 0 Å². The summed E-state index contributed by atoms with van der Waals surface area (Å²) in [4.78, 5) is 54.8. The van der Waals surface area contributed by atoms with E-state index >= 15 is 0 Å². The molecule has 1 saturated heterocycles. The molecule has 1 fully saturated rings. The minimum absolute atomic E-state index is 0.00457. The lowest BCUT2D eigenvalue weighted by Gasteiger charge is -2.39. The number of likely N-dealkylation sites (tertiary alicyclic amines) is 1. The van der Waals surface area contributed by atoms with Crippen molar-refractivity contribution in [1.82, 2.24) is 9.88 Å². The summed E-state index contributed by atoms with van der Waals surface area (Å²) in [7, 11) is 0. The zero-order valence-corrected chi connectivity index (χ0v) is 17.8. The number of anilines is 2. The third kappa shape index (κ3) is 4.32. The first-order valence-electron chi connectivity index (χ1n) is 10.6. The fraction of sp³-hybridized carbons (Fsp3) is 0.348. The number of benzene rings is 1. The number of nitrogens with one attached hydrogen (secondary N) is 2. The molecule has 0 radical (unpaired) electrons. The number of piperidine rings is 1. The molecule has 32 heavy (non-hydrogen) atoms. The second-order valence-corrected chi connectivity index (χ2v) is 8.34. The lowest BCUT2D eigenvalue weighted by molar-refractivity contribution is -0.146. The quantitative estimate of drug-likeness (QED) is 0.634. The van der Waals surface area contributed by atoms with Gasteiger partial charge >= 0.3 is 11.8 Å². The number of nitrogens with two attached hydrogens (primary N) is 1. The van der Waals surface area contributed by atoms with E-state index in [0.717, 1.165) is 29.7 Å². The molecule has 0 saturated carbocycles. The maximum Gasteiger partial charge on any atom is 0.315 e. The molecule has 0 bridgehead atoms. The van der Waals surface area contributed by atoms with Gasteiger partial charge in [-0.2, -0.15) is 0 Å². The van der Waals surface area contributed by atoms with Gasteiger partial charge in [0, 0.05) is 24.8 Å². The van der Waals surface area contributed by atoms with Crippen LogP contribution in [0.5, 0.6) is 0 Å². The minimum atomic E-state index is -0.865. The van der Waals surface area contributed by atoms with E-state index in [-0.39, 0.29) is 29.2 Å². The number of carbonyl (C=O) groups is 4. The molecule has 3 heterocycles. The largest absolute Gasteiger partial charge is 0.365 e. The summed E-state index contributed by atoms with van der Waals surface area (Å²) in [6.45, 7) is 2.48. The van der Waals surface area contributed by atoms with Gasteiger partial charge in [0.05, 0.1) is 11.6 Å². The van der Waals surface area contributed by atoms with Gasteiger partial charge in [-0.05, 0) is 54.5 Å². The third-order valence-electron chi connectivity index (χ3n) is 5.99. The predicted molar refractivity (Wildman–Crippen MR) is 118 cm³/mol. The molecular formula is C23H25N5O4. The fourth-order valence-corrected chi connectivity index (χ4v) is 4.33. The molecule has 9 nitrogen and oxygen atoms in total. The molecule has 1 aromatic carbocycles. The lowest BCUT2D eigenvalue weighted by Crippen LogP contribution is -2.46. The van der Waals surface area contributed by atoms with E-state index in [1.54, 1.807) is 4.90 Å². The Morgan fingerprint density at radius 1 is 1.19 bits per heavy atom. The van der Waals surface area contributed by atoms with Crippen LogP contribution in [0.25, 0.3) is 0 Å². The number of fused-ring (bicyclic) bond motifs is 1. The standard InChI is InChI=1S/C23H25N5O4/c1-13-4-8-18(15-5-7-17-14(11-15)6-9-19(29)26-17)28(12-13)23(32)22(31)27-21-16(20(24)30)3-2-10-25-21/h2-3,5,7,10-11,13,18H,4,6,8-9,12H2,1H3,(H2,24,30)(H,26,29)(H,25,27,31)/t13-,18+/m1/s1. The van der Waals surface area contributed by atoms with Crippen molar-refractivity contribution in [2.24, 2.45) is 11.7 Å². The highest BCUT2D eigenvalue weighted by Crippen LogP contribution is 2.36. The van der Waals surface area contributed by atoms with Crippen molar-refractivity contribution in [2.75, 3.05) is 17.2 Å². The van der Waals surface area contributed by atoms with E-state index in [1.807, 2.05) is 25.1 Å². The van der Waals surface area contributed by atoms with Gasteiger partial charge in [-0.3, -0.25) is 19.2 Å². The van der Waals surface area contributed by atoms with Crippen LogP contribution in [0.15, 0.2) is 36.5 Å². The molecule has 1 aromatic heterocycles. The number of aromatic nitrogens is 1. The Morgan fingerprint density at radius 2 is 2.00 bits per heavy atom.